The van der Waals surface area contributed by atoms with Crippen LogP contribution in [0.4, 0.5) is 0 Å². The molecule has 0 aromatic rings. The summed E-state index contributed by atoms with van der Waals surface area (Å²) in [4.78, 5) is 10.9. The minimum absolute atomic E-state index is 0.0256. The molecule has 0 aliphatic heterocycles. The zero-order chi connectivity index (χ0) is 8.15. The van der Waals surface area contributed by atoms with Gasteiger partial charge in [0.25, 0.3) is 0 Å². The second-order valence-electron chi connectivity index (χ2n) is 2.63. The summed E-state index contributed by atoms with van der Waals surface area (Å²) in [5, 5.41) is 0. The fourth-order valence-electron chi connectivity index (χ4n) is 0.387. The van der Waals surface area contributed by atoms with Gasteiger partial charge in [-0.1, -0.05) is 20.8 Å². The van der Waals surface area contributed by atoms with Crippen molar-refractivity contribution in [3.63, 3.8) is 0 Å². The molecule has 0 aliphatic carbocycles. The maximum atomic E-state index is 10.9. The molecule has 0 spiro atoms. The molecule has 10 heavy (non-hydrogen) atoms. The van der Waals surface area contributed by atoms with Crippen molar-refractivity contribution in [2.24, 2.45) is 5.92 Å². The Balaban J connectivity index is 3.57. The van der Waals surface area contributed by atoms with Gasteiger partial charge in [-0.15, -0.1) is 0 Å². The van der Waals surface area contributed by atoms with E-state index in [1.807, 2.05) is 34.1 Å². The molecule has 0 unspecified atom stereocenters. The van der Waals surface area contributed by atoms with E-state index in [9.17, 15) is 4.79 Å². The van der Waals surface area contributed by atoms with E-state index in [0.717, 1.165) is 0 Å². The Kier molecular flexibility index (Phi) is 4.08. The molecule has 0 aromatic heterocycles. The molecule has 0 N–H and O–H groups in total. The SMILES string of the molecule is C[CH][C@@H](C)OC(=O)C(C)C. The van der Waals surface area contributed by atoms with E-state index >= 15 is 0 Å². The van der Waals surface area contributed by atoms with Gasteiger partial charge in [0.05, 0.1) is 5.92 Å². The standard InChI is InChI=1S/C8H15O2/c1-5-7(4)10-8(9)6(2)3/h5-7H,1-4H3/t7-/m1/s1. The van der Waals surface area contributed by atoms with Gasteiger partial charge in [0.2, 0.25) is 0 Å². The summed E-state index contributed by atoms with van der Waals surface area (Å²) in [5.41, 5.74) is 0. The zero-order valence-electron chi connectivity index (χ0n) is 7.05. The quantitative estimate of drug-likeness (QED) is 0.563. The summed E-state index contributed by atoms with van der Waals surface area (Å²) >= 11 is 0. The summed E-state index contributed by atoms with van der Waals surface area (Å²) in [7, 11) is 0. The van der Waals surface area contributed by atoms with Crippen molar-refractivity contribution in [1.29, 1.82) is 0 Å². The number of carbonyl (C=O) groups is 1. The van der Waals surface area contributed by atoms with Crippen LogP contribution >= 0.6 is 0 Å². The van der Waals surface area contributed by atoms with Crippen LogP contribution in [0.5, 0.6) is 0 Å². The lowest BCUT2D eigenvalue weighted by Crippen LogP contribution is -2.18. The van der Waals surface area contributed by atoms with Gasteiger partial charge in [0.15, 0.2) is 0 Å². The van der Waals surface area contributed by atoms with Gasteiger partial charge in [0.1, 0.15) is 6.10 Å². The van der Waals surface area contributed by atoms with Crippen LogP contribution < -0.4 is 0 Å². The van der Waals surface area contributed by atoms with E-state index in [1.165, 1.54) is 0 Å². The molecule has 1 atom stereocenters. The number of hydrogen-bond acceptors (Lipinski definition) is 2. The molecule has 1 radical (unpaired) electrons. The number of rotatable bonds is 3. The van der Waals surface area contributed by atoms with Crippen LogP contribution in [0.2, 0.25) is 0 Å². The maximum Gasteiger partial charge on any atom is 0.308 e. The highest BCUT2D eigenvalue weighted by Crippen LogP contribution is 2.01. The number of esters is 1. The third kappa shape index (κ3) is 3.49. The molecule has 0 saturated carbocycles. The van der Waals surface area contributed by atoms with Crippen LogP contribution in [0.25, 0.3) is 0 Å². The van der Waals surface area contributed by atoms with E-state index in [2.05, 4.69) is 0 Å². The summed E-state index contributed by atoms with van der Waals surface area (Å²) in [5.74, 6) is -0.159. The van der Waals surface area contributed by atoms with Crippen molar-refractivity contribution < 1.29 is 9.53 Å². The van der Waals surface area contributed by atoms with E-state index < -0.39 is 0 Å². The monoisotopic (exact) mass is 143 g/mol. The molecule has 0 heterocycles. The van der Waals surface area contributed by atoms with Crippen molar-refractivity contribution >= 4 is 5.97 Å². The smallest absolute Gasteiger partial charge is 0.308 e. The van der Waals surface area contributed by atoms with E-state index in [-0.39, 0.29) is 18.0 Å². The summed E-state index contributed by atoms with van der Waals surface area (Å²) in [6.45, 7) is 7.37. The molecular weight excluding hydrogens is 128 g/mol. The fraction of sp³-hybridized carbons (Fsp3) is 0.750. The van der Waals surface area contributed by atoms with Crippen LogP contribution in [-0.2, 0) is 9.53 Å². The van der Waals surface area contributed by atoms with Crippen molar-refractivity contribution in [2.45, 2.75) is 33.8 Å². The molecule has 0 amide bonds. The molecule has 0 saturated heterocycles. The molecule has 59 valence electrons. The third-order valence-corrected chi connectivity index (χ3v) is 1.24. The second-order valence-corrected chi connectivity index (χ2v) is 2.63. The highest BCUT2D eigenvalue weighted by Gasteiger charge is 2.10. The average Bonchev–Trinajstić information content (AvgIpc) is 1.87. The van der Waals surface area contributed by atoms with Crippen molar-refractivity contribution in [3.8, 4) is 0 Å². The summed E-state index contributed by atoms with van der Waals surface area (Å²) in [6, 6.07) is 0. The minimum Gasteiger partial charge on any atom is -0.462 e. The molecular formula is C8H15O2. The van der Waals surface area contributed by atoms with Crippen LogP contribution in [0.1, 0.15) is 27.7 Å². The Morgan fingerprint density at radius 2 is 1.90 bits per heavy atom. The third-order valence-electron chi connectivity index (χ3n) is 1.24. The van der Waals surface area contributed by atoms with Gasteiger partial charge in [-0.3, -0.25) is 4.79 Å². The van der Waals surface area contributed by atoms with Crippen molar-refractivity contribution in [2.75, 3.05) is 0 Å². The number of hydrogen-bond donors (Lipinski definition) is 0. The zero-order valence-corrected chi connectivity index (χ0v) is 7.05. The van der Waals surface area contributed by atoms with Crippen LogP contribution in [0.15, 0.2) is 0 Å². The Labute approximate surface area is 62.6 Å². The number of ether oxygens (including phenoxy) is 1. The fourth-order valence-corrected chi connectivity index (χ4v) is 0.387. The Morgan fingerprint density at radius 3 is 2.20 bits per heavy atom. The molecule has 0 fully saturated rings. The van der Waals surface area contributed by atoms with Crippen molar-refractivity contribution in [1.82, 2.24) is 0 Å². The molecule has 0 aliphatic rings. The number of carbonyl (C=O) groups excluding carboxylic acids is 1. The van der Waals surface area contributed by atoms with Gasteiger partial charge < -0.3 is 4.74 Å². The highest BCUT2D eigenvalue weighted by atomic mass is 16.5. The van der Waals surface area contributed by atoms with Crippen molar-refractivity contribution in [3.05, 3.63) is 6.42 Å². The molecule has 0 bridgehead atoms. The topological polar surface area (TPSA) is 26.3 Å². The molecule has 0 aromatic carbocycles. The predicted molar refractivity (Wildman–Crippen MR) is 40.4 cm³/mol. The van der Waals surface area contributed by atoms with Crippen LogP contribution in [0, 0.1) is 12.3 Å². The first-order valence-electron chi connectivity index (χ1n) is 3.58. The van der Waals surface area contributed by atoms with Gasteiger partial charge in [-0.25, -0.2) is 0 Å². The predicted octanol–water partition coefficient (Wildman–Crippen LogP) is 1.80. The molecule has 2 nitrogen and oxygen atoms in total. The summed E-state index contributed by atoms with van der Waals surface area (Å²) in [6.07, 6.45) is 1.79. The van der Waals surface area contributed by atoms with E-state index in [4.69, 9.17) is 4.74 Å². The van der Waals surface area contributed by atoms with Gasteiger partial charge in [0, 0.05) is 0 Å². The lowest BCUT2D eigenvalue weighted by Gasteiger charge is -2.11. The Morgan fingerprint density at radius 1 is 1.40 bits per heavy atom. The van der Waals surface area contributed by atoms with E-state index in [1.54, 1.807) is 0 Å². The first-order chi connectivity index (χ1) is 4.57. The molecule has 2 heteroatoms. The normalized spacial score (nSPS) is 13.3. The van der Waals surface area contributed by atoms with Crippen LogP contribution in [-0.4, -0.2) is 12.1 Å². The Bertz CT molecular complexity index is 108. The summed E-state index contributed by atoms with van der Waals surface area (Å²) < 4.78 is 4.97. The van der Waals surface area contributed by atoms with E-state index in [0.29, 0.717) is 0 Å². The van der Waals surface area contributed by atoms with Gasteiger partial charge in [-0.05, 0) is 13.3 Å². The van der Waals surface area contributed by atoms with Crippen LogP contribution in [0.3, 0.4) is 0 Å². The molecule has 0 rings (SSSR count). The largest absolute Gasteiger partial charge is 0.462 e. The van der Waals surface area contributed by atoms with Gasteiger partial charge in [-0.2, -0.15) is 0 Å². The lowest BCUT2D eigenvalue weighted by atomic mass is 10.2. The highest BCUT2D eigenvalue weighted by molar-refractivity contribution is 5.71. The first-order valence-corrected chi connectivity index (χ1v) is 3.58. The average molecular weight is 143 g/mol. The second kappa shape index (κ2) is 4.31. The maximum absolute atomic E-state index is 10.9. The Hall–Kier alpha value is -0.530. The van der Waals surface area contributed by atoms with Gasteiger partial charge >= 0.3 is 5.97 Å². The minimum atomic E-state index is -0.134. The lowest BCUT2D eigenvalue weighted by molar-refractivity contribution is -0.150. The first kappa shape index (κ1) is 9.47.